The van der Waals surface area contributed by atoms with Gasteiger partial charge in [0.05, 0.1) is 22.8 Å². The van der Waals surface area contributed by atoms with E-state index in [1.807, 2.05) is 0 Å². The van der Waals surface area contributed by atoms with Gasteiger partial charge in [-0.25, -0.2) is 0 Å². The van der Waals surface area contributed by atoms with Gasteiger partial charge in [0.25, 0.3) is 0 Å². The molecule has 0 aromatic heterocycles. The lowest BCUT2D eigenvalue weighted by Crippen LogP contribution is -2.22. The number of phenolic OH excluding ortho intramolecular Hbond substituents is 4. The first kappa shape index (κ1) is 15.8. The molecule has 0 amide bonds. The molecule has 2 aromatic rings. The predicted octanol–water partition coefficient (Wildman–Crippen LogP) is 1.73. The number of hydrogen-bond donors (Lipinski definition) is 5. The molecule has 2 aromatic carbocycles. The van der Waals surface area contributed by atoms with Gasteiger partial charge >= 0.3 is 0 Å². The summed E-state index contributed by atoms with van der Waals surface area (Å²) in [6.45, 7) is 1.64. The van der Waals surface area contributed by atoms with Crippen molar-refractivity contribution in [2.45, 2.75) is 19.4 Å². The quantitative estimate of drug-likeness (QED) is 0.451. The highest BCUT2D eigenvalue weighted by Gasteiger charge is 2.38. The number of benzene rings is 2. The first-order chi connectivity index (χ1) is 11.3. The largest absolute Gasteiger partial charge is 0.508 e. The summed E-state index contributed by atoms with van der Waals surface area (Å²) in [6, 6.07) is 2.93. The van der Waals surface area contributed by atoms with Gasteiger partial charge in [0.1, 0.15) is 23.0 Å². The molecule has 0 spiro atoms. The van der Waals surface area contributed by atoms with E-state index in [1.54, 1.807) is 6.92 Å². The summed E-state index contributed by atoms with van der Waals surface area (Å²) >= 11 is 0. The van der Waals surface area contributed by atoms with Crippen molar-refractivity contribution in [3.63, 3.8) is 0 Å². The van der Waals surface area contributed by atoms with E-state index in [4.69, 9.17) is 0 Å². The fraction of sp³-hybridized carbons (Fsp3) is 0.176. The number of aliphatic hydroxyl groups excluding tert-OH is 1. The van der Waals surface area contributed by atoms with Crippen LogP contribution in [0, 0.1) is 0 Å². The van der Waals surface area contributed by atoms with Crippen LogP contribution in [0.2, 0.25) is 0 Å². The maximum atomic E-state index is 12.7. The van der Waals surface area contributed by atoms with E-state index in [-0.39, 0.29) is 23.1 Å². The lowest BCUT2D eigenvalue weighted by Gasteiger charge is -2.23. The second-order valence-corrected chi connectivity index (χ2v) is 5.55. The Morgan fingerprint density at radius 3 is 2.12 bits per heavy atom. The first-order valence-electron chi connectivity index (χ1n) is 7.20. The van der Waals surface area contributed by atoms with Crippen molar-refractivity contribution < 1.29 is 35.1 Å². The third-order valence-electron chi connectivity index (χ3n) is 4.08. The Labute approximate surface area is 136 Å². The summed E-state index contributed by atoms with van der Waals surface area (Å²) in [7, 11) is 0. The van der Waals surface area contributed by atoms with Gasteiger partial charge in [0.2, 0.25) is 5.78 Å². The van der Waals surface area contributed by atoms with Crippen molar-refractivity contribution in [1.29, 1.82) is 0 Å². The van der Waals surface area contributed by atoms with Crippen LogP contribution in [0.4, 0.5) is 0 Å². The van der Waals surface area contributed by atoms with Crippen LogP contribution in [0.25, 0.3) is 0 Å². The van der Waals surface area contributed by atoms with E-state index in [1.165, 1.54) is 0 Å². The molecule has 7 nitrogen and oxygen atoms in total. The molecule has 0 saturated carbocycles. The molecule has 0 radical (unpaired) electrons. The van der Waals surface area contributed by atoms with Crippen LogP contribution in [0.1, 0.15) is 56.9 Å². The Morgan fingerprint density at radius 1 is 0.875 bits per heavy atom. The fourth-order valence-electron chi connectivity index (χ4n) is 2.89. The van der Waals surface area contributed by atoms with Crippen LogP contribution in [0.3, 0.4) is 0 Å². The predicted molar refractivity (Wildman–Crippen MR) is 81.7 cm³/mol. The van der Waals surface area contributed by atoms with Crippen LogP contribution in [0.15, 0.2) is 18.2 Å². The second-order valence-electron chi connectivity index (χ2n) is 5.55. The van der Waals surface area contributed by atoms with Gasteiger partial charge in [-0.2, -0.15) is 0 Å². The maximum Gasteiger partial charge on any atom is 0.202 e. The zero-order valence-electron chi connectivity index (χ0n) is 12.6. The second kappa shape index (κ2) is 5.24. The van der Waals surface area contributed by atoms with Crippen LogP contribution in [-0.2, 0) is 0 Å². The van der Waals surface area contributed by atoms with E-state index in [0.717, 1.165) is 18.2 Å². The summed E-state index contributed by atoms with van der Waals surface area (Å²) in [4.78, 5) is 25.2. The number of rotatable bonds is 2. The molecule has 0 bridgehead atoms. The molecule has 7 heteroatoms. The van der Waals surface area contributed by atoms with E-state index >= 15 is 0 Å². The standard InChI is InChI=1S/C17H14O7/c1-2-9(19)7-5-11(21)13-14(15(7)22)16(23)8-3-6(18)4-10(20)12(8)17(13)24/h3-5,9,18-22H,2H2,1H3/t9-/m0/s1. The average molecular weight is 330 g/mol. The summed E-state index contributed by atoms with van der Waals surface area (Å²) in [5.41, 5.74) is -1.63. The molecule has 0 unspecified atom stereocenters. The number of aliphatic hydroxyl groups is 1. The number of carbonyl (C=O) groups excluding carboxylic acids is 2. The van der Waals surface area contributed by atoms with Crippen molar-refractivity contribution in [2.24, 2.45) is 0 Å². The minimum atomic E-state index is -1.14. The van der Waals surface area contributed by atoms with Crippen LogP contribution >= 0.6 is 0 Å². The highest BCUT2D eigenvalue weighted by Crippen LogP contribution is 2.44. The Balaban J connectivity index is 2.37. The van der Waals surface area contributed by atoms with E-state index in [2.05, 4.69) is 0 Å². The van der Waals surface area contributed by atoms with Crippen molar-refractivity contribution in [2.75, 3.05) is 0 Å². The van der Waals surface area contributed by atoms with Gasteiger partial charge in [0.15, 0.2) is 5.78 Å². The molecule has 1 aliphatic rings. The monoisotopic (exact) mass is 330 g/mol. The lowest BCUT2D eigenvalue weighted by molar-refractivity contribution is 0.0970. The van der Waals surface area contributed by atoms with Crippen molar-refractivity contribution >= 4 is 11.6 Å². The minimum Gasteiger partial charge on any atom is -0.508 e. The zero-order chi connectivity index (χ0) is 17.8. The van der Waals surface area contributed by atoms with Crippen molar-refractivity contribution in [3.05, 3.63) is 46.0 Å². The van der Waals surface area contributed by atoms with Crippen LogP contribution in [-0.4, -0.2) is 37.1 Å². The third-order valence-corrected chi connectivity index (χ3v) is 4.08. The summed E-state index contributed by atoms with van der Waals surface area (Å²) in [5, 5.41) is 49.8. The molecule has 0 saturated heterocycles. The van der Waals surface area contributed by atoms with E-state index < -0.39 is 51.8 Å². The molecule has 0 heterocycles. The molecular weight excluding hydrogens is 316 g/mol. The topological polar surface area (TPSA) is 135 Å². The number of fused-ring (bicyclic) bond motifs is 2. The molecular formula is C17H14O7. The summed E-state index contributed by atoms with van der Waals surface area (Å²) in [5.74, 6) is -3.92. The van der Waals surface area contributed by atoms with E-state index in [0.29, 0.717) is 0 Å². The molecule has 124 valence electrons. The minimum absolute atomic E-state index is 0.0808. The molecule has 1 aliphatic carbocycles. The van der Waals surface area contributed by atoms with E-state index in [9.17, 15) is 35.1 Å². The number of ketones is 2. The summed E-state index contributed by atoms with van der Waals surface area (Å²) in [6.07, 6.45) is -0.922. The Hall–Kier alpha value is -3.06. The van der Waals surface area contributed by atoms with Crippen LogP contribution in [0.5, 0.6) is 23.0 Å². The Bertz CT molecular complexity index is 899. The van der Waals surface area contributed by atoms with Gasteiger partial charge < -0.3 is 25.5 Å². The SMILES string of the molecule is CC[C@H](O)c1cc(O)c2c(c1O)C(=O)c1cc(O)cc(O)c1C2=O. The van der Waals surface area contributed by atoms with Gasteiger partial charge in [-0.15, -0.1) is 0 Å². The molecule has 0 aliphatic heterocycles. The van der Waals surface area contributed by atoms with Gasteiger partial charge in [-0.3, -0.25) is 9.59 Å². The Morgan fingerprint density at radius 2 is 1.50 bits per heavy atom. The lowest BCUT2D eigenvalue weighted by atomic mass is 9.81. The number of hydrogen-bond acceptors (Lipinski definition) is 7. The smallest absolute Gasteiger partial charge is 0.202 e. The van der Waals surface area contributed by atoms with Crippen molar-refractivity contribution in [3.8, 4) is 23.0 Å². The molecule has 24 heavy (non-hydrogen) atoms. The molecule has 3 rings (SSSR count). The van der Waals surface area contributed by atoms with Gasteiger partial charge in [0, 0.05) is 17.2 Å². The number of phenols is 4. The van der Waals surface area contributed by atoms with Gasteiger partial charge in [-0.1, -0.05) is 6.92 Å². The molecule has 5 N–H and O–H groups in total. The Kier molecular flexibility index (Phi) is 3.46. The number of carbonyl (C=O) groups is 2. The maximum absolute atomic E-state index is 12.7. The third kappa shape index (κ3) is 2.02. The zero-order valence-corrected chi connectivity index (χ0v) is 12.6. The van der Waals surface area contributed by atoms with Crippen molar-refractivity contribution in [1.82, 2.24) is 0 Å². The molecule has 0 fully saturated rings. The highest BCUT2D eigenvalue weighted by molar-refractivity contribution is 6.31. The van der Waals surface area contributed by atoms with Crippen LogP contribution < -0.4 is 0 Å². The average Bonchev–Trinajstić information content (AvgIpc) is 2.52. The number of aromatic hydroxyl groups is 4. The highest BCUT2D eigenvalue weighted by atomic mass is 16.3. The summed E-state index contributed by atoms with van der Waals surface area (Å²) < 4.78 is 0. The van der Waals surface area contributed by atoms with Gasteiger partial charge in [-0.05, 0) is 18.6 Å². The molecule has 1 atom stereocenters. The first-order valence-corrected chi connectivity index (χ1v) is 7.20. The fourth-order valence-corrected chi connectivity index (χ4v) is 2.89. The normalized spacial score (nSPS) is 14.2.